The molecule has 0 unspecified atom stereocenters. The molecule has 0 spiro atoms. The van der Waals surface area contributed by atoms with E-state index in [4.69, 9.17) is 4.74 Å². The van der Waals surface area contributed by atoms with Crippen LogP contribution in [0.15, 0.2) is 36.5 Å². The van der Waals surface area contributed by atoms with E-state index in [9.17, 15) is 5.11 Å². The molecule has 1 N–H and O–H groups in total. The summed E-state index contributed by atoms with van der Waals surface area (Å²) in [6.45, 7) is 0.388. The number of hydrogen-bond acceptors (Lipinski definition) is 3. The average molecular weight is 257 g/mol. The molecule has 1 fully saturated rings. The molecule has 1 aliphatic rings. The number of aromatic nitrogens is 1. The van der Waals surface area contributed by atoms with Crippen LogP contribution in [0.25, 0.3) is 10.9 Å². The van der Waals surface area contributed by atoms with Gasteiger partial charge in [0.15, 0.2) is 0 Å². The zero-order chi connectivity index (χ0) is 13.1. The first kappa shape index (κ1) is 12.4. The SMILES string of the molecule is OC1(COc2ccc3ncccc3c2)CCCCC1. The zero-order valence-electron chi connectivity index (χ0n) is 11.0. The summed E-state index contributed by atoms with van der Waals surface area (Å²) in [5.41, 5.74) is 0.327. The van der Waals surface area contributed by atoms with Gasteiger partial charge in [0, 0.05) is 11.6 Å². The molecule has 0 saturated heterocycles. The Morgan fingerprint density at radius 3 is 2.84 bits per heavy atom. The minimum atomic E-state index is -0.637. The van der Waals surface area contributed by atoms with Crippen LogP contribution in [0.2, 0.25) is 0 Å². The number of pyridine rings is 1. The van der Waals surface area contributed by atoms with E-state index in [1.807, 2.05) is 30.3 Å². The number of aliphatic hydroxyl groups is 1. The van der Waals surface area contributed by atoms with Gasteiger partial charge in [-0.3, -0.25) is 4.98 Å². The Kier molecular flexibility index (Phi) is 3.38. The van der Waals surface area contributed by atoms with Crippen molar-refractivity contribution in [2.45, 2.75) is 37.7 Å². The molecule has 0 aliphatic heterocycles. The molecular formula is C16H19NO2. The van der Waals surface area contributed by atoms with Gasteiger partial charge in [-0.25, -0.2) is 0 Å². The lowest BCUT2D eigenvalue weighted by molar-refractivity contribution is -0.0338. The van der Waals surface area contributed by atoms with Crippen LogP contribution < -0.4 is 4.74 Å². The maximum absolute atomic E-state index is 10.4. The second kappa shape index (κ2) is 5.17. The molecule has 3 nitrogen and oxygen atoms in total. The van der Waals surface area contributed by atoms with E-state index in [1.54, 1.807) is 6.20 Å². The first-order valence-corrected chi connectivity index (χ1v) is 6.95. The van der Waals surface area contributed by atoms with Crippen molar-refractivity contribution in [3.63, 3.8) is 0 Å². The number of nitrogens with zero attached hydrogens (tertiary/aromatic N) is 1. The maximum Gasteiger partial charge on any atom is 0.120 e. The lowest BCUT2D eigenvalue weighted by Gasteiger charge is -2.31. The highest BCUT2D eigenvalue weighted by Gasteiger charge is 2.29. The molecule has 19 heavy (non-hydrogen) atoms. The van der Waals surface area contributed by atoms with Crippen molar-refractivity contribution < 1.29 is 9.84 Å². The molecular weight excluding hydrogens is 238 g/mol. The number of fused-ring (bicyclic) bond motifs is 1. The van der Waals surface area contributed by atoms with Crippen molar-refractivity contribution in [3.8, 4) is 5.75 Å². The third kappa shape index (κ3) is 2.87. The fraction of sp³-hybridized carbons (Fsp3) is 0.438. The number of ether oxygens (including phenoxy) is 1. The van der Waals surface area contributed by atoms with Crippen molar-refractivity contribution in [1.82, 2.24) is 4.98 Å². The molecule has 1 aromatic heterocycles. The summed E-state index contributed by atoms with van der Waals surface area (Å²) in [6.07, 6.45) is 6.91. The Morgan fingerprint density at radius 1 is 1.16 bits per heavy atom. The molecule has 3 heteroatoms. The van der Waals surface area contributed by atoms with E-state index in [0.717, 1.165) is 42.3 Å². The molecule has 0 atom stereocenters. The van der Waals surface area contributed by atoms with Gasteiger partial charge in [-0.05, 0) is 37.1 Å². The van der Waals surface area contributed by atoms with Crippen molar-refractivity contribution in [2.24, 2.45) is 0 Å². The van der Waals surface area contributed by atoms with Crippen LogP contribution in [-0.4, -0.2) is 22.3 Å². The molecule has 0 amide bonds. The average Bonchev–Trinajstić information content (AvgIpc) is 2.46. The smallest absolute Gasteiger partial charge is 0.120 e. The second-order valence-electron chi connectivity index (χ2n) is 5.43. The topological polar surface area (TPSA) is 42.4 Å². The van der Waals surface area contributed by atoms with Gasteiger partial charge in [0.25, 0.3) is 0 Å². The minimum Gasteiger partial charge on any atom is -0.491 e. The van der Waals surface area contributed by atoms with E-state index in [2.05, 4.69) is 4.98 Å². The summed E-state index contributed by atoms with van der Waals surface area (Å²) in [5, 5.41) is 11.5. The van der Waals surface area contributed by atoms with E-state index >= 15 is 0 Å². The van der Waals surface area contributed by atoms with Crippen LogP contribution in [0.5, 0.6) is 5.75 Å². The van der Waals surface area contributed by atoms with Gasteiger partial charge in [0.05, 0.1) is 11.1 Å². The van der Waals surface area contributed by atoms with Crippen LogP contribution in [0.1, 0.15) is 32.1 Å². The predicted octanol–water partition coefficient (Wildman–Crippen LogP) is 3.31. The Hall–Kier alpha value is -1.61. The molecule has 100 valence electrons. The van der Waals surface area contributed by atoms with E-state index in [-0.39, 0.29) is 0 Å². The highest BCUT2D eigenvalue weighted by Crippen LogP contribution is 2.29. The van der Waals surface area contributed by atoms with Crippen LogP contribution in [0, 0.1) is 0 Å². The lowest BCUT2D eigenvalue weighted by atomic mass is 9.85. The number of hydrogen-bond donors (Lipinski definition) is 1. The monoisotopic (exact) mass is 257 g/mol. The number of rotatable bonds is 3. The van der Waals surface area contributed by atoms with Crippen LogP contribution in [0.4, 0.5) is 0 Å². The molecule has 1 aromatic carbocycles. The van der Waals surface area contributed by atoms with Crippen molar-refractivity contribution >= 4 is 10.9 Å². The van der Waals surface area contributed by atoms with Gasteiger partial charge in [-0.1, -0.05) is 25.3 Å². The molecule has 1 saturated carbocycles. The largest absolute Gasteiger partial charge is 0.491 e. The number of benzene rings is 1. The first-order valence-electron chi connectivity index (χ1n) is 6.95. The molecule has 2 aromatic rings. The van der Waals surface area contributed by atoms with Gasteiger partial charge < -0.3 is 9.84 Å². The van der Waals surface area contributed by atoms with Gasteiger partial charge in [-0.2, -0.15) is 0 Å². The maximum atomic E-state index is 10.4. The quantitative estimate of drug-likeness (QED) is 0.917. The van der Waals surface area contributed by atoms with Crippen LogP contribution in [-0.2, 0) is 0 Å². The van der Waals surface area contributed by atoms with Crippen LogP contribution >= 0.6 is 0 Å². The van der Waals surface area contributed by atoms with E-state index in [0.29, 0.717) is 6.61 Å². The fourth-order valence-electron chi connectivity index (χ4n) is 2.72. The van der Waals surface area contributed by atoms with Crippen molar-refractivity contribution in [2.75, 3.05) is 6.61 Å². The molecule has 3 rings (SSSR count). The summed E-state index contributed by atoms with van der Waals surface area (Å²) in [6, 6.07) is 9.79. The molecule has 1 aliphatic carbocycles. The van der Waals surface area contributed by atoms with Gasteiger partial charge in [0.2, 0.25) is 0 Å². The minimum absolute atomic E-state index is 0.388. The summed E-state index contributed by atoms with van der Waals surface area (Å²) >= 11 is 0. The van der Waals surface area contributed by atoms with Crippen molar-refractivity contribution in [1.29, 1.82) is 0 Å². The highest BCUT2D eigenvalue weighted by molar-refractivity contribution is 5.79. The van der Waals surface area contributed by atoms with E-state index in [1.165, 1.54) is 6.42 Å². The zero-order valence-corrected chi connectivity index (χ0v) is 11.0. The van der Waals surface area contributed by atoms with Gasteiger partial charge in [0.1, 0.15) is 12.4 Å². The van der Waals surface area contributed by atoms with Gasteiger partial charge in [-0.15, -0.1) is 0 Å². The van der Waals surface area contributed by atoms with E-state index < -0.39 is 5.60 Å². The first-order chi connectivity index (χ1) is 9.25. The fourth-order valence-corrected chi connectivity index (χ4v) is 2.72. The lowest BCUT2D eigenvalue weighted by Crippen LogP contribution is -2.37. The van der Waals surface area contributed by atoms with Crippen molar-refractivity contribution in [3.05, 3.63) is 36.5 Å². The Balaban J connectivity index is 1.71. The Bertz CT molecular complexity index is 561. The standard InChI is InChI=1S/C16H19NO2/c18-16(8-2-1-3-9-16)12-19-14-6-7-15-13(11-14)5-4-10-17-15/h4-7,10-11,18H,1-3,8-9,12H2. The molecule has 0 radical (unpaired) electrons. The van der Waals surface area contributed by atoms with Gasteiger partial charge >= 0.3 is 0 Å². The molecule has 1 heterocycles. The summed E-state index contributed by atoms with van der Waals surface area (Å²) in [5.74, 6) is 0.805. The summed E-state index contributed by atoms with van der Waals surface area (Å²) in [4.78, 5) is 4.28. The predicted molar refractivity (Wildman–Crippen MR) is 75.3 cm³/mol. The normalized spacial score (nSPS) is 18.4. The second-order valence-corrected chi connectivity index (χ2v) is 5.43. The van der Waals surface area contributed by atoms with Crippen LogP contribution in [0.3, 0.4) is 0 Å². The summed E-state index contributed by atoms with van der Waals surface area (Å²) in [7, 11) is 0. The summed E-state index contributed by atoms with van der Waals surface area (Å²) < 4.78 is 5.78. The molecule has 0 bridgehead atoms. The third-order valence-electron chi connectivity index (χ3n) is 3.87. The Morgan fingerprint density at radius 2 is 2.00 bits per heavy atom. The Labute approximate surface area is 113 Å². The third-order valence-corrected chi connectivity index (χ3v) is 3.87. The highest BCUT2D eigenvalue weighted by atomic mass is 16.5.